The summed E-state index contributed by atoms with van der Waals surface area (Å²) in [6, 6.07) is 8.64. The van der Waals surface area contributed by atoms with Gasteiger partial charge in [0, 0.05) is 39.1 Å². The molecule has 0 aliphatic carbocycles. The summed E-state index contributed by atoms with van der Waals surface area (Å²) >= 11 is 7.40. The van der Waals surface area contributed by atoms with E-state index in [4.69, 9.17) is 16.3 Å². The first-order valence-corrected chi connectivity index (χ1v) is 11.1. The van der Waals surface area contributed by atoms with Crippen molar-refractivity contribution in [2.75, 3.05) is 6.61 Å². The molecule has 2 heterocycles. The smallest absolute Gasteiger partial charge is 0.416 e. The molecule has 0 saturated heterocycles. The standard InChI is InChI=1S/C23H19ClF3N3O2S/c1-4-32-22(31)14-7-15(23(25,26)27)9-18(8-14)33-21-13(2)30(17-11-28-29(3)12-17)20-10-16(24)5-6-19(20)21/h5-12H,4H2,1-3H3. The van der Waals surface area contributed by atoms with Crippen molar-refractivity contribution in [1.29, 1.82) is 0 Å². The highest BCUT2D eigenvalue weighted by molar-refractivity contribution is 7.99. The number of esters is 1. The van der Waals surface area contributed by atoms with E-state index in [-0.39, 0.29) is 17.1 Å². The largest absolute Gasteiger partial charge is 0.462 e. The van der Waals surface area contributed by atoms with E-state index in [1.807, 2.05) is 23.8 Å². The topological polar surface area (TPSA) is 49.1 Å². The highest BCUT2D eigenvalue weighted by atomic mass is 35.5. The van der Waals surface area contributed by atoms with Crippen LogP contribution in [0, 0.1) is 6.92 Å². The van der Waals surface area contributed by atoms with Crippen molar-refractivity contribution in [3.05, 3.63) is 70.6 Å². The Morgan fingerprint density at radius 3 is 2.61 bits per heavy atom. The average Bonchev–Trinajstić information content (AvgIpc) is 3.28. The normalized spacial score (nSPS) is 11.8. The second kappa shape index (κ2) is 8.79. The van der Waals surface area contributed by atoms with Gasteiger partial charge in [0.05, 0.1) is 35.1 Å². The third-order valence-corrected chi connectivity index (χ3v) is 6.45. The van der Waals surface area contributed by atoms with Gasteiger partial charge in [0.2, 0.25) is 0 Å². The number of alkyl halides is 3. The van der Waals surface area contributed by atoms with Crippen LogP contribution in [0.4, 0.5) is 13.2 Å². The minimum absolute atomic E-state index is 0.0655. The van der Waals surface area contributed by atoms with Crippen LogP contribution in [0.25, 0.3) is 16.6 Å². The van der Waals surface area contributed by atoms with Crippen LogP contribution in [0.3, 0.4) is 0 Å². The van der Waals surface area contributed by atoms with Gasteiger partial charge < -0.3 is 9.30 Å². The third-order valence-electron chi connectivity index (χ3n) is 5.02. The number of hydrogen-bond acceptors (Lipinski definition) is 4. The van der Waals surface area contributed by atoms with Crippen LogP contribution in [0.5, 0.6) is 0 Å². The number of ether oxygens (including phenoxy) is 1. The van der Waals surface area contributed by atoms with Gasteiger partial charge in [0.25, 0.3) is 0 Å². The maximum absolute atomic E-state index is 13.6. The molecule has 4 rings (SSSR count). The lowest BCUT2D eigenvalue weighted by Crippen LogP contribution is -2.10. The van der Waals surface area contributed by atoms with E-state index < -0.39 is 17.7 Å². The fourth-order valence-corrected chi connectivity index (χ4v) is 4.91. The van der Waals surface area contributed by atoms with Gasteiger partial charge in [0.15, 0.2) is 0 Å². The van der Waals surface area contributed by atoms with Crippen LogP contribution >= 0.6 is 23.4 Å². The molecule has 172 valence electrons. The summed E-state index contributed by atoms with van der Waals surface area (Å²) in [6.45, 7) is 3.54. The molecule has 0 bridgehead atoms. The molecule has 5 nitrogen and oxygen atoms in total. The maximum Gasteiger partial charge on any atom is 0.416 e. The molecule has 2 aromatic carbocycles. The summed E-state index contributed by atoms with van der Waals surface area (Å²) < 4.78 is 49.2. The van der Waals surface area contributed by atoms with E-state index in [1.54, 1.807) is 37.0 Å². The van der Waals surface area contributed by atoms with Gasteiger partial charge in [-0.05, 0) is 44.2 Å². The monoisotopic (exact) mass is 493 g/mol. The molecule has 0 unspecified atom stereocenters. The van der Waals surface area contributed by atoms with Gasteiger partial charge in [-0.15, -0.1) is 0 Å². The Kier molecular flexibility index (Phi) is 6.20. The molecule has 0 atom stereocenters. The van der Waals surface area contributed by atoms with E-state index in [1.165, 1.54) is 6.07 Å². The molecule has 0 saturated carbocycles. The number of nitrogens with zero attached hydrogens (tertiary/aromatic N) is 3. The van der Waals surface area contributed by atoms with Crippen LogP contribution in [0.2, 0.25) is 5.02 Å². The molecule has 0 fully saturated rings. The Balaban J connectivity index is 1.88. The Morgan fingerprint density at radius 1 is 1.21 bits per heavy atom. The lowest BCUT2D eigenvalue weighted by Gasteiger charge is -2.12. The first-order valence-electron chi connectivity index (χ1n) is 9.95. The molecule has 0 radical (unpaired) electrons. The van der Waals surface area contributed by atoms with E-state index in [0.29, 0.717) is 5.02 Å². The minimum atomic E-state index is -4.61. The molecule has 0 spiro atoms. The zero-order chi connectivity index (χ0) is 23.9. The summed E-state index contributed by atoms with van der Waals surface area (Å²) in [7, 11) is 1.80. The van der Waals surface area contributed by atoms with Crippen molar-refractivity contribution in [3.63, 3.8) is 0 Å². The van der Waals surface area contributed by atoms with Gasteiger partial charge in [-0.2, -0.15) is 18.3 Å². The third kappa shape index (κ3) is 4.60. The highest BCUT2D eigenvalue weighted by Gasteiger charge is 2.32. The summed E-state index contributed by atoms with van der Waals surface area (Å²) in [6.07, 6.45) is -1.07. The molecule has 10 heteroatoms. The van der Waals surface area contributed by atoms with Crippen LogP contribution < -0.4 is 0 Å². The number of halogens is 4. The van der Waals surface area contributed by atoms with Gasteiger partial charge in [-0.3, -0.25) is 4.68 Å². The van der Waals surface area contributed by atoms with Crippen molar-refractivity contribution in [1.82, 2.24) is 14.3 Å². The van der Waals surface area contributed by atoms with Gasteiger partial charge in [-0.1, -0.05) is 29.4 Å². The van der Waals surface area contributed by atoms with Crippen LogP contribution in [-0.4, -0.2) is 26.9 Å². The number of rotatable bonds is 5. The molecular weight excluding hydrogens is 475 g/mol. The number of fused-ring (bicyclic) bond motifs is 1. The van der Waals surface area contributed by atoms with Gasteiger partial charge in [0.1, 0.15) is 0 Å². The van der Waals surface area contributed by atoms with Crippen LogP contribution in [0.1, 0.15) is 28.5 Å². The quantitative estimate of drug-likeness (QED) is 0.291. The first-order chi connectivity index (χ1) is 15.6. The molecular formula is C23H19ClF3N3O2S. The SMILES string of the molecule is CCOC(=O)c1cc(Sc2c(C)n(-c3cnn(C)c3)c3cc(Cl)ccc23)cc(C(F)(F)F)c1. The molecule has 4 aromatic rings. The zero-order valence-corrected chi connectivity index (χ0v) is 19.5. The molecule has 0 amide bonds. The van der Waals surface area contributed by atoms with E-state index >= 15 is 0 Å². The van der Waals surface area contributed by atoms with Crippen molar-refractivity contribution in [2.24, 2.45) is 7.05 Å². The Labute approximate surface area is 197 Å². The number of aryl methyl sites for hydroxylation is 1. The summed E-state index contributed by atoms with van der Waals surface area (Å²) in [5, 5.41) is 5.58. The summed E-state index contributed by atoms with van der Waals surface area (Å²) in [5.74, 6) is -0.799. The molecule has 2 aromatic heterocycles. The number of aromatic nitrogens is 3. The second-order valence-electron chi connectivity index (χ2n) is 7.35. The van der Waals surface area contributed by atoms with Crippen LogP contribution in [0.15, 0.2) is 58.6 Å². The lowest BCUT2D eigenvalue weighted by atomic mass is 10.1. The van der Waals surface area contributed by atoms with Crippen molar-refractivity contribution in [3.8, 4) is 5.69 Å². The number of carbonyl (C=O) groups excluding carboxylic acids is 1. The van der Waals surface area contributed by atoms with Crippen molar-refractivity contribution < 1.29 is 22.7 Å². The van der Waals surface area contributed by atoms with Gasteiger partial charge >= 0.3 is 12.1 Å². The fourth-order valence-electron chi connectivity index (χ4n) is 3.62. The Morgan fingerprint density at radius 2 is 1.97 bits per heavy atom. The fraction of sp³-hybridized carbons (Fsp3) is 0.217. The number of carbonyl (C=O) groups is 1. The lowest BCUT2D eigenvalue weighted by molar-refractivity contribution is -0.137. The zero-order valence-electron chi connectivity index (χ0n) is 17.9. The number of hydrogen-bond donors (Lipinski definition) is 0. The van der Waals surface area contributed by atoms with E-state index in [0.717, 1.165) is 51.1 Å². The molecule has 0 N–H and O–H groups in total. The number of benzene rings is 2. The second-order valence-corrected chi connectivity index (χ2v) is 8.87. The van der Waals surface area contributed by atoms with Crippen molar-refractivity contribution in [2.45, 2.75) is 29.8 Å². The van der Waals surface area contributed by atoms with E-state index in [9.17, 15) is 18.0 Å². The Hall–Kier alpha value is -2.91. The summed E-state index contributed by atoms with van der Waals surface area (Å²) in [4.78, 5) is 13.2. The summed E-state index contributed by atoms with van der Waals surface area (Å²) in [5.41, 5.74) is 1.34. The first kappa shape index (κ1) is 23.3. The molecule has 33 heavy (non-hydrogen) atoms. The minimum Gasteiger partial charge on any atom is -0.462 e. The predicted octanol–water partition coefficient (Wildman–Crippen LogP) is 6.67. The van der Waals surface area contributed by atoms with Crippen molar-refractivity contribution >= 4 is 40.2 Å². The molecule has 0 aliphatic rings. The predicted molar refractivity (Wildman–Crippen MR) is 121 cm³/mol. The Bertz CT molecular complexity index is 1360. The molecule has 0 aliphatic heterocycles. The van der Waals surface area contributed by atoms with Gasteiger partial charge in [-0.25, -0.2) is 4.79 Å². The van der Waals surface area contributed by atoms with Crippen LogP contribution in [-0.2, 0) is 18.0 Å². The highest BCUT2D eigenvalue weighted by Crippen LogP contribution is 2.42. The average molecular weight is 494 g/mol. The maximum atomic E-state index is 13.6. The van der Waals surface area contributed by atoms with E-state index in [2.05, 4.69) is 5.10 Å².